The second-order valence-electron chi connectivity index (χ2n) is 15.9. The number of piperazine rings is 1. The molecule has 9 rings (SSSR count). The Hall–Kier alpha value is -5.83. The molecule has 0 radical (unpaired) electrons. The molecule has 2 aliphatic heterocycles. The highest BCUT2D eigenvalue weighted by Gasteiger charge is 2.33. The molecule has 0 unspecified atom stereocenters. The van der Waals surface area contributed by atoms with Gasteiger partial charge in [0.25, 0.3) is 5.91 Å². The predicted molar refractivity (Wildman–Crippen MR) is 231 cm³/mol. The summed E-state index contributed by atoms with van der Waals surface area (Å²) in [5.41, 5.74) is 10.4. The first-order chi connectivity index (χ1) is 28.6. The highest BCUT2D eigenvalue weighted by atomic mass is 16.6. The van der Waals surface area contributed by atoms with Crippen LogP contribution in [-0.4, -0.2) is 83.6 Å². The number of aromatic nitrogens is 1. The number of para-hydroxylation sites is 1. The molecule has 3 aliphatic rings. The van der Waals surface area contributed by atoms with Gasteiger partial charge in [-0.3, -0.25) is 14.6 Å². The van der Waals surface area contributed by atoms with E-state index in [2.05, 4.69) is 94.8 Å². The van der Waals surface area contributed by atoms with Crippen molar-refractivity contribution in [3.05, 3.63) is 161 Å². The van der Waals surface area contributed by atoms with Gasteiger partial charge in [-0.15, -0.1) is 0 Å². The topological polar surface area (TPSA) is 78.0 Å². The van der Waals surface area contributed by atoms with Gasteiger partial charge < -0.3 is 15.0 Å². The van der Waals surface area contributed by atoms with Gasteiger partial charge in [-0.1, -0.05) is 134 Å². The fourth-order valence-corrected chi connectivity index (χ4v) is 9.46. The summed E-state index contributed by atoms with van der Waals surface area (Å²) >= 11 is 0. The van der Waals surface area contributed by atoms with Crippen LogP contribution in [0, 0.1) is 0 Å². The van der Waals surface area contributed by atoms with E-state index in [9.17, 15) is 9.59 Å². The van der Waals surface area contributed by atoms with Crippen LogP contribution in [0.3, 0.4) is 0 Å². The number of piperidine rings is 1. The Labute approximate surface area is 341 Å². The molecule has 2 fully saturated rings. The Bertz CT molecular complexity index is 2340. The third kappa shape index (κ3) is 7.62. The molecule has 8 nitrogen and oxygen atoms in total. The molecule has 58 heavy (non-hydrogen) atoms. The Morgan fingerprint density at radius 2 is 1.33 bits per heavy atom. The maximum Gasteiger partial charge on any atom is 0.409 e. The van der Waals surface area contributed by atoms with E-state index in [0.29, 0.717) is 37.8 Å². The number of pyridine rings is 1. The van der Waals surface area contributed by atoms with Crippen LogP contribution in [0.5, 0.6) is 0 Å². The zero-order chi connectivity index (χ0) is 39.4. The predicted octanol–water partition coefficient (Wildman–Crippen LogP) is 9.31. The summed E-state index contributed by atoms with van der Waals surface area (Å²) in [6.07, 6.45) is 2.62. The van der Waals surface area contributed by atoms with Crippen molar-refractivity contribution in [2.45, 2.75) is 50.7 Å². The molecule has 2 amide bonds. The molecular weight excluding hydrogens is 719 g/mol. The molecule has 1 aliphatic carbocycles. The molecule has 2 saturated heterocycles. The fraction of sp³-hybridized carbons (Fsp3) is 0.300. The van der Waals surface area contributed by atoms with Crippen LogP contribution in [0.25, 0.3) is 33.3 Å². The van der Waals surface area contributed by atoms with E-state index in [1.54, 1.807) is 0 Å². The lowest BCUT2D eigenvalue weighted by Crippen LogP contribution is -2.54. The molecule has 1 N–H and O–H groups in total. The van der Waals surface area contributed by atoms with Crippen LogP contribution < -0.4 is 5.32 Å². The van der Waals surface area contributed by atoms with Gasteiger partial charge in [-0.05, 0) is 66.2 Å². The third-order valence-electron chi connectivity index (χ3n) is 12.5. The first-order valence-electron chi connectivity index (χ1n) is 20.9. The van der Waals surface area contributed by atoms with Crippen LogP contribution in [0.1, 0.15) is 70.8 Å². The molecule has 6 aromatic rings. The van der Waals surface area contributed by atoms with Gasteiger partial charge in [0.05, 0.1) is 22.8 Å². The molecule has 1 aromatic heterocycles. The van der Waals surface area contributed by atoms with Crippen LogP contribution in [0.15, 0.2) is 133 Å². The number of carbonyl (C=O) groups is 2. The summed E-state index contributed by atoms with van der Waals surface area (Å²) in [6, 6.07) is 45.8. The molecule has 5 aromatic carbocycles. The largest absolute Gasteiger partial charge is 0.448 e. The Morgan fingerprint density at radius 3 is 2.00 bits per heavy atom. The molecule has 0 bridgehead atoms. The minimum absolute atomic E-state index is 0.0602. The molecule has 1 atom stereocenters. The third-order valence-corrected chi connectivity index (χ3v) is 12.5. The summed E-state index contributed by atoms with van der Waals surface area (Å²) in [6.45, 7) is 7.94. The van der Waals surface area contributed by atoms with Gasteiger partial charge in [0.2, 0.25) is 0 Å². The highest BCUT2D eigenvalue weighted by molar-refractivity contribution is 6.09. The lowest BCUT2D eigenvalue weighted by Gasteiger charge is -2.42. The monoisotopic (exact) mass is 769 g/mol. The number of amides is 2. The van der Waals surface area contributed by atoms with E-state index >= 15 is 0 Å². The van der Waals surface area contributed by atoms with Gasteiger partial charge >= 0.3 is 6.09 Å². The van der Waals surface area contributed by atoms with E-state index in [4.69, 9.17) is 9.72 Å². The van der Waals surface area contributed by atoms with Gasteiger partial charge in [0.1, 0.15) is 6.61 Å². The van der Waals surface area contributed by atoms with E-state index in [-0.39, 0.29) is 24.0 Å². The number of fused-ring (bicyclic) bond motifs is 4. The van der Waals surface area contributed by atoms with Gasteiger partial charge in [0.15, 0.2) is 0 Å². The SMILES string of the molecule is CC[C@H](NC(=O)c1c(CN2CCC(N3CCN(C(=O)OCC4c5ccccc5-c5ccccc54)CC3)CC2)c(-c2ccccc2)nc2ccccc12)c1ccccc1. The van der Waals surface area contributed by atoms with E-state index in [1.807, 2.05) is 65.6 Å². The van der Waals surface area contributed by atoms with Crippen molar-refractivity contribution in [1.29, 1.82) is 0 Å². The average Bonchev–Trinajstić information content (AvgIpc) is 3.61. The van der Waals surface area contributed by atoms with E-state index in [1.165, 1.54) is 22.3 Å². The zero-order valence-corrected chi connectivity index (χ0v) is 33.2. The van der Waals surface area contributed by atoms with Crippen molar-refractivity contribution in [1.82, 2.24) is 25.0 Å². The van der Waals surface area contributed by atoms with E-state index < -0.39 is 0 Å². The van der Waals surface area contributed by atoms with Gasteiger partial charge in [-0.25, -0.2) is 9.78 Å². The average molecular weight is 770 g/mol. The highest BCUT2D eigenvalue weighted by Crippen LogP contribution is 2.44. The normalized spacial score (nSPS) is 16.8. The van der Waals surface area contributed by atoms with Gasteiger partial charge in [-0.2, -0.15) is 0 Å². The Balaban J connectivity index is 0.863. The number of benzene rings is 5. The smallest absolute Gasteiger partial charge is 0.409 e. The Morgan fingerprint density at radius 1 is 0.724 bits per heavy atom. The second-order valence-corrected chi connectivity index (χ2v) is 15.9. The summed E-state index contributed by atoms with van der Waals surface area (Å²) in [4.78, 5) is 40.1. The standard InChI is InChI=1S/C50H51N5O3/c1-2-45(35-15-5-3-6-16-35)52-49(56)47-42-23-13-14-24-46(42)51-48(36-17-7-4-8-18-36)43(47)33-53-27-25-37(26-28-53)54-29-31-55(32-30-54)50(57)58-34-44-40-21-11-9-19-38(40)39-20-10-12-22-41(39)44/h3-24,37,44-45H,2,25-34H2,1H3,(H,52,56)/t45-/m0/s1. The lowest BCUT2D eigenvalue weighted by molar-refractivity contribution is 0.0441. The second kappa shape index (κ2) is 16.9. The Kier molecular flexibility index (Phi) is 11.0. The summed E-state index contributed by atoms with van der Waals surface area (Å²) in [7, 11) is 0. The van der Waals surface area contributed by atoms with Crippen LogP contribution in [0.4, 0.5) is 4.79 Å². The molecular formula is C50H51N5O3. The molecule has 8 heteroatoms. The first kappa shape index (κ1) is 37.7. The lowest BCUT2D eigenvalue weighted by atomic mass is 9.94. The van der Waals surface area contributed by atoms with Crippen molar-refractivity contribution < 1.29 is 14.3 Å². The van der Waals surface area contributed by atoms with Crippen LogP contribution in [-0.2, 0) is 11.3 Å². The molecule has 0 spiro atoms. The molecule has 294 valence electrons. The minimum atomic E-state index is -0.219. The fourth-order valence-electron chi connectivity index (χ4n) is 9.46. The van der Waals surface area contributed by atoms with Crippen LogP contribution in [0.2, 0.25) is 0 Å². The molecule has 0 saturated carbocycles. The summed E-state index contributed by atoms with van der Waals surface area (Å²) in [5.74, 6) is -0.00404. The van der Waals surface area contributed by atoms with Crippen molar-refractivity contribution in [2.75, 3.05) is 45.9 Å². The number of hydrogen-bond donors (Lipinski definition) is 1. The van der Waals surface area contributed by atoms with Crippen molar-refractivity contribution in [2.24, 2.45) is 0 Å². The number of rotatable bonds is 10. The first-order valence-corrected chi connectivity index (χ1v) is 20.9. The maximum atomic E-state index is 14.6. The quantitative estimate of drug-likeness (QED) is 0.150. The minimum Gasteiger partial charge on any atom is -0.448 e. The van der Waals surface area contributed by atoms with Crippen molar-refractivity contribution in [3.8, 4) is 22.4 Å². The van der Waals surface area contributed by atoms with Gasteiger partial charge in [0, 0.05) is 61.2 Å². The maximum absolute atomic E-state index is 14.6. The van der Waals surface area contributed by atoms with E-state index in [0.717, 1.165) is 78.7 Å². The number of nitrogens with zero attached hydrogens (tertiary/aromatic N) is 4. The zero-order valence-electron chi connectivity index (χ0n) is 33.2. The number of hydrogen-bond acceptors (Lipinski definition) is 6. The summed E-state index contributed by atoms with van der Waals surface area (Å²) < 4.78 is 6.00. The van der Waals surface area contributed by atoms with Crippen molar-refractivity contribution >= 4 is 22.9 Å². The number of nitrogens with one attached hydrogen (secondary N) is 1. The number of likely N-dealkylation sites (tertiary alicyclic amines) is 1. The van der Waals surface area contributed by atoms with Crippen molar-refractivity contribution in [3.63, 3.8) is 0 Å². The summed E-state index contributed by atoms with van der Waals surface area (Å²) in [5, 5.41) is 4.29. The molecule has 3 heterocycles. The number of ether oxygens (including phenoxy) is 1. The number of carbonyl (C=O) groups excluding carboxylic acids is 2. The van der Waals surface area contributed by atoms with Crippen LogP contribution >= 0.6 is 0 Å².